The highest BCUT2D eigenvalue weighted by Gasteiger charge is 2.22. The molecular weight excluding hydrogens is 345 g/mol. The fraction of sp³-hybridized carbons (Fsp3) is 0. The minimum absolute atomic E-state index is 0.134. The minimum Gasteiger partial charge on any atom is -0.364 e. The maximum Gasteiger partial charge on any atom is 0.269 e. The van der Waals surface area contributed by atoms with Crippen molar-refractivity contribution in [3.8, 4) is 16.9 Å². The van der Waals surface area contributed by atoms with Crippen LogP contribution < -0.4 is 5.73 Å². The average Bonchev–Trinajstić information content (AvgIpc) is 2.95. The van der Waals surface area contributed by atoms with E-state index >= 15 is 0 Å². The van der Waals surface area contributed by atoms with Crippen molar-refractivity contribution < 1.29 is 4.79 Å². The topological polar surface area (TPSA) is 60.9 Å². The smallest absolute Gasteiger partial charge is 0.269 e. The highest BCUT2D eigenvalue weighted by atomic mass is 35.5. The third-order valence-corrected chi connectivity index (χ3v) is 4.13. The molecule has 0 bridgehead atoms. The third-order valence-electron chi connectivity index (χ3n) is 3.56. The van der Waals surface area contributed by atoms with Gasteiger partial charge in [-0.15, -0.1) is 0 Å². The van der Waals surface area contributed by atoms with Crippen LogP contribution in [0.15, 0.2) is 55.1 Å². The van der Waals surface area contributed by atoms with E-state index in [2.05, 4.69) is 11.7 Å². The fourth-order valence-corrected chi connectivity index (χ4v) is 2.83. The van der Waals surface area contributed by atoms with Gasteiger partial charge < -0.3 is 5.73 Å². The van der Waals surface area contributed by atoms with Crippen LogP contribution in [0.4, 0.5) is 0 Å². The molecule has 4 nitrogen and oxygen atoms in total. The van der Waals surface area contributed by atoms with E-state index in [1.165, 1.54) is 0 Å². The zero-order valence-corrected chi connectivity index (χ0v) is 14.1. The fourth-order valence-electron chi connectivity index (χ4n) is 2.49. The van der Waals surface area contributed by atoms with Gasteiger partial charge in [0.05, 0.1) is 16.4 Å². The van der Waals surface area contributed by atoms with Gasteiger partial charge in [0.2, 0.25) is 0 Å². The largest absolute Gasteiger partial charge is 0.364 e. The summed E-state index contributed by atoms with van der Waals surface area (Å²) in [6.45, 7) is 3.79. The van der Waals surface area contributed by atoms with Gasteiger partial charge in [-0.25, -0.2) is 4.68 Å². The Morgan fingerprint density at radius 2 is 1.79 bits per heavy atom. The van der Waals surface area contributed by atoms with Crippen LogP contribution in [0, 0.1) is 0 Å². The Kier molecular flexibility index (Phi) is 4.42. The lowest BCUT2D eigenvalue weighted by Gasteiger charge is -2.10. The van der Waals surface area contributed by atoms with Crippen molar-refractivity contribution in [3.63, 3.8) is 0 Å². The van der Waals surface area contributed by atoms with Crippen molar-refractivity contribution in [2.24, 2.45) is 5.73 Å². The van der Waals surface area contributed by atoms with Gasteiger partial charge in [-0.3, -0.25) is 4.79 Å². The lowest BCUT2D eigenvalue weighted by Crippen LogP contribution is -2.13. The molecule has 6 heteroatoms. The Bertz CT molecular complexity index is 930. The molecule has 0 fully saturated rings. The average molecular weight is 358 g/mol. The van der Waals surface area contributed by atoms with Crippen molar-refractivity contribution >= 4 is 35.2 Å². The van der Waals surface area contributed by atoms with Gasteiger partial charge >= 0.3 is 0 Å². The molecule has 3 rings (SSSR count). The van der Waals surface area contributed by atoms with Crippen molar-refractivity contribution in [1.29, 1.82) is 0 Å². The van der Waals surface area contributed by atoms with Crippen LogP contribution in [0.25, 0.3) is 23.0 Å². The van der Waals surface area contributed by atoms with Crippen LogP contribution >= 0.6 is 23.2 Å². The van der Waals surface area contributed by atoms with Gasteiger partial charge in [-0.05, 0) is 24.3 Å². The van der Waals surface area contributed by atoms with E-state index in [9.17, 15) is 4.79 Å². The first-order valence-electron chi connectivity index (χ1n) is 7.09. The van der Waals surface area contributed by atoms with Gasteiger partial charge in [0, 0.05) is 16.1 Å². The number of amides is 1. The van der Waals surface area contributed by atoms with E-state index in [0.717, 1.165) is 5.56 Å². The normalized spacial score (nSPS) is 10.6. The second-order valence-electron chi connectivity index (χ2n) is 5.05. The van der Waals surface area contributed by atoms with Gasteiger partial charge in [0.1, 0.15) is 0 Å². The molecule has 0 aliphatic rings. The van der Waals surface area contributed by atoms with Crippen molar-refractivity contribution in [1.82, 2.24) is 9.78 Å². The number of primary amides is 1. The summed E-state index contributed by atoms with van der Waals surface area (Å²) in [5.74, 6) is -0.633. The number of carbonyl (C=O) groups is 1. The Balaban J connectivity index is 2.36. The van der Waals surface area contributed by atoms with Gasteiger partial charge in [-0.1, -0.05) is 60.1 Å². The van der Waals surface area contributed by atoms with Crippen LogP contribution in [0.3, 0.4) is 0 Å². The van der Waals surface area contributed by atoms with Crippen LogP contribution in [-0.4, -0.2) is 15.7 Å². The summed E-state index contributed by atoms with van der Waals surface area (Å²) in [7, 11) is 0. The molecule has 2 N–H and O–H groups in total. The number of carbonyl (C=O) groups excluding carboxylic acids is 1. The van der Waals surface area contributed by atoms with Crippen LogP contribution in [0.1, 0.15) is 16.1 Å². The molecule has 0 spiro atoms. The summed E-state index contributed by atoms with van der Waals surface area (Å²) in [5, 5.41) is 5.47. The molecule has 24 heavy (non-hydrogen) atoms. The lowest BCUT2D eigenvalue weighted by atomic mass is 10.0. The number of nitrogens with two attached hydrogens (primary N) is 1. The van der Waals surface area contributed by atoms with Gasteiger partial charge in [0.25, 0.3) is 5.91 Å². The molecular formula is C18H13Cl2N3O. The first-order valence-corrected chi connectivity index (χ1v) is 7.84. The Labute approximate surface area is 149 Å². The number of para-hydroxylation sites is 1. The maximum absolute atomic E-state index is 11.8. The maximum atomic E-state index is 11.8. The van der Waals surface area contributed by atoms with E-state index < -0.39 is 5.91 Å². The monoisotopic (exact) mass is 357 g/mol. The summed E-state index contributed by atoms with van der Waals surface area (Å²) in [4.78, 5) is 11.8. The molecule has 1 aromatic heterocycles. The Morgan fingerprint density at radius 1 is 1.12 bits per heavy atom. The minimum atomic E-state index is -0.633. The molecule has 1 heterocycles. The molecule has 0 unspecified atom stereocenters. The van der Waals surface area contributed by atoms with E-state index in [1.54, 1.807) is 29.0 Å². The number of hydrogen-bond acceptors (Lipinski definition) is 2. The third kappa shape index (κ3) is 2.82. The summed E-state index contributed by atoms with van der Waals surface area (Å²) in [6, 6.07) is 14.4. The highest BCUT2D eigenvalue weighted by molar-refractivity contribution is 6.32. The second kappa shape index (κ2) is 6.51. The second-order valence-corrected chi connectivity index (χ2v) is 5.89. The van der Waals surface area contributed by atoms with Gasteiger partial charge in [0.15, 0.2) is 5.69 Å². The number of rotatable bonds is 4. The highest BCUT2D eigenvalue weighted by Crippen LogP contribution is 2.32. The molecule has 120 valence electrons. The Hall–Kier alpha value is -2.56. The van der Waals surface area contributed by atoms with Crippen molar-refractivity contribution in [2.45, 2.75) is 0 Å². The first kappa shape index (κ1) is 16.3. The number of nitrogens with zero attached hydrogens (tertiary/aromatic N) is 2. The molecule has 0 saturated carbocycles. The molecule has 0 aliphatic heterocycles. The van der Waals surface area contributed by atoms with Crippen LogP contribution in [-0.2, 0) is 0 Å². The quantitative estimate of drug-likeness (QED) is 0.742. The van der Waals surface area contributed by atoms with Crippen LogP contribution in [0.2, 0.25) is 10.0 Å². The van der Waals surface area contributed by atoms with Crippen molar-refractivity contribution in [2.75, 3.05) is 0 Å². The summed E-state index contributed by atoms with van der Waals surface area (Å²) in [5.41, 5.74) is 8.28. The predicted octanol–water partition coefficient (Wildman–Crippen LogP) is 4.59. The standard InChI is InChI=1S/C18H13Cl2N3O/c1-2-13-16(18(21)24)22-23(15-6-4-3-5-14(15)20)17(13)11-7-9-12(19)10-8-11/h2-10H,1H2,(H2,21,24). The molecule has 3 aromatic rings. The zero-order valence-electron chi connectivity index (χ0n) is 12.5. The predicted molar refractivity (Wildman–Crippen MR) is 97.6 cm³/mol. The summed E-state index contributed by atoms with van der Waals surface area (Å²) >= 11 is 12.3. The number of halogens is 2. The lowest BCUT2D eigenvalue weighted by molar-refractivity contribution is 0.0995. The van der Waals surface area contributed by atoms with Crippen molar-refractivity contribution in [3.05, 3.63) is 76.4 Å². The molecule has 2 aromatic carbocycles. The molecule has 0 radical (unpaired) electrons. The van der Waals surface area contributed by atoms with E-state index in [4.69, 9.17) is 28.9 Å². The number of hydrogen-bond donors (Lipinski definition) is 1. The first-order chi connectivity index (χ1) is 11.5. The molecule has 0 aliphatic carbocycles. The van der Waals surface area contributed by atoms with E-state index in [-0.39, 0.29) is 5.69 Å². The summed E-state index contributed by atoms with van der Waals surface area (Å²) in [6.07, 6.45) is 1.56. The SMILES string of the molecule is C=Cc1c(C(N)=O)nn(-c2ccccc2Cl)c1-c1ccc(Cl)cc1. The molecule has 0 atom stereocenters. The summed E-state index contributed by atoms with van der Waals surface area (Å²) < 4.78 is 1.60. The van der Waals surface area contributed by atoms with E-state index in [1.807, 2.05) is 30.3 Å². The molecule has 0 saturated heterocycles. The zero-order chi connectivity index (χ0) is 17.3. The van der Waals surface area contributed by atoms with E-state index in [0.29, 0.717) is 27.0 Å². The molecule has 1 amide bonds. The number of benzene rings is 2. The van der Waals surface area contributed by atoms with Crippen LogP contribution in [0.5, 0.6) is 0 Å². The van der Waals surface area contributed by atoms with Gasteiger partial charge in [-0.2, -0.15) is 5.10 Å². The number of aromatic nitrogens is 2. The Morgan fingerprint density at radius 3 is 2.38 bits per heavy atom.